The summed E-state index contributed by atoms with van der Waals surface area (Å²) in [5.74, 6) is 7.70. The van der Waals surface area contributed by atoms with Gasteiger partial charge in [0.25, 0.3) is 0 Å². The van der Waals surface area contributed by atoms with E-state index < -0.39 is 0 Å². The van der Waals surface area contributed by atoms with Crippen LogP contribution in [-0.4, -0.2) is 27.4 Å². The molecule has 106 valence electrons. The zero-order valence-corrected chi connectivity index (χ0v) is 11.7. The second-order valence-electron chi connectivity index (χ2n) is 4.80. The van der Waals surface area contributed by atoms with Crippen LogP contribution in [0.1, 0.15) is 24.4 Å². The van der Waals surface area contributed by atoms with Gasteiger partial charge < -0.3 is 14.2 Å². The van der Waals surface area contributed by atoms with Gasteiger partial charge in [0.2, 0.25) is 0 Å². The van der Waals surface area contributed by atoms with Gasteiger partial charge in [0.15, 0.2) is 11.5 Å². The van der Waals surface area contributed by atoms with Crippen molar-refractivity contribution in [1.82, 2.24) is 5.43 Å². The van der Waals surface area contributed by atoms with Crippen LogP contribution < -0.4 is 20.7 Å². The number of ether oxygens (including phenoxy) is 3. The molecule has 0 amide bonds. The van der Waals surface area contributed by atoms with Crippen molar-refractivity contribution in [3.8, 4) is 11.5 Å². The molecule has 0 spiro atoms. The summed E-state index contributed by atoms with van der Waals surface area (Å²) in [6, 6.07) is 5.77. The van der Waals surface area contributed by atoms with Crippen molar-refractivity contribution in [1.29, 1.82) is 0 Å². The van der Waals surface area contributed by atoms with Crippen LogP contribution in [0.2, 0.25) is 0 Å². The number of hydrogen-bond acceptors (Lipinski definition) is 5. The lowest BCUT2D eigenvalue weighted by Gasteiger charge is -2.26. The van der Waals surface area contributed by atoms with Crippen LogP contribution in [0.5, 0.6) is 11.5 Å². The summed E-state index contributed by atoms with van der Waals surface area (Å²) in [5.41, 5.74) is 3.90. The molecule has 19 heavy (non-hydrogen) atoms. The zero-order chi connectivity index (χ0) is 13.8. The lowest BCUT2D eigenvalue weighted by molar-refractivity contribution is 0.0506. The molecular weight excluding hydrogens is 244 g/mol. The zero-order valence-electron chi connectivity index (χ0n) is 11.7. The molecule has 0 radical (unpaired) electrons. The predicted molar refractivity (Wildman–Crippen MR) is 73.1 cm³/mol. The summed E-state index contributed by atoms with van der Waals surface area (Å²) in [7, 11) is 4.98. The maximum absolute atomic E-state index is 5.71. The van der Waals surface area contributed by atoms with Gasteiger partial charge in [0.1, 0.15) is 0 Å². The van der Waals surface area contributed by atoms with Gasteiger partial charge in [-0.25, -0.2) is 0 Å². The van der Waals surface area contributed by atoms with Crippen LogP contribution in [-0.2, 0) is 4.74 Å². The van der Waals surface area contributed by atoms with E-state index in [1.165, 1.54) is 12.8 Å². The topological polar surface area (TPSA) is 65.7 Å². The molecule has 2 rings (SSSR count). The van der Waals surface area contributed by atoms with Crippen LogP contribution in [0.25, 0.3) is 0 Å². The maximum atomic E-state index is 5.71. The smallest absolute Gasteiger partial charge is 0.161 e. The van der Waals surface area contributed by atoms with E-state index in [0.717, 1.165) is 5.56 Å². The molecule has 1 aromatic carbocycles. The van der Waals surface area contributed by atoms with Gasteiger partial charge in [0, 0.05) is 7.11 Å². The monoisotopic (exact) mass is 266 g/mol. The van der Waals surface area contributed by atoms with Crippen LogP contribution in [0, 0.1) is 5.92 Å². The Bertz CT molecular complexity index is 421. The SMILES string of the molecule is COc1ccc(C(NN)C(OC)C2CC2)cc1OC. The Morgan fingerprint density at radius 1 is 1.16 bits per heavy atom. The number of hydrazine groups is 1. The summed E-state index contributed by atoms with van der Waals surface area (Å²) in [6.45, 7) is 0. The average molecular weight is 266 g/mol. The van der Waals surface area contributed by atoms with E-state index in [0.29, 0.717) is 17.4 Å². The van der Waals surface area contributed by atoms with Crippen molar-refractivity contribution in [2.24, 2.45) is 11.8 Å². The van der Waals surface area contributed by atoms with E-state index in [4.69, 9.17) is 20.1 Å². The Morgan fingerprint density at radius 2 is 1.84 bits per heavy atom. The lowest BCUT2D eigenvalue weighted by Crippen LogP contribution is -2.38. The number of benzene rings is 1. The summed E-state index contributed by atoms with van der Waals surface area (Å²) in [4.78, 5) is 0. The summed E-state index contributed by atoms with van der Waals surface area (Å²) >= 11 is 0. The Morgan fingerprint density at radius 3 is 2.32 bits per heavy atom. The molecule has 0 aromatic heterocycles. The average Bonchev–Trinajstić information content (AvgIpc) is 3.28. The fourth-order valence-corrected chi connectivity index (χ4v) is 2.45. The highest BCUT2D eigenvalue weighted by atomic mass is 16.5. The van der Waals surface area contributed by atoms with Gasteiger partial charge >= 0.3 is 0 Å². The second kappa shape index (κ2) is 6.23. The first-order chi connectivity index (χ1) is 9.24. The summed E-state index contributed by atoms with van der Waals surface area (Å²) < 4.78 is 16.2. The van der Waals surface area contributed by atoms with Gasteiger partial charge in [0.05, 0.1) is 26.4 Å². The fourth-order valence-electron chi connectivity index (χ4n) is 2.45. The maximum Gasteiger partial charge on any atom is 0.161 e. The fraction of sp³-hybridized carbons (Fsp3) is 0.571. The molecule has 1 aromatic rings. The summed E-state index contributed by atoms with van der Waals surface area (Å²) in [6.07, 6.45) is 2.48. The van der Waals surface area contributed by atoms with Gasteiger partial charge in [-0.2, -0.15) is 0 Å². The Balaban J connectivity index is 2.26. The van der Waals surface area contributed by atoms with E-state index >= 15 is 0 Å². The molecule has 1 fully saturated rings. The molecule has 0 bridgehead atoms. The van der Waals surface area contributed by atoms with E-state index in [-0.39, 0.29) is 12.1 Å². The van der Waals surface area contributed by atoms with Crippen LogP contribution in [0.3, 0.4) is 0 Å². The van der Waals surface area contributed by atoms with Crippen molar-refractivity contribution in [2.75, 3.05) is 21.3 Å². The van der Waals surface area contributed by atoms with Crippen LogP contribution >= 0.6 is 0 Å². The third-order valence-electron chi connectivity index (χ3n) is 3.63. The number of methoxy groups -OCH3 is 3. The van der Waals surface area contributed by atoms with Crippen molar-refractivity contribution >= 4 is 0 Å². The minimum absolute atomic E-state index is 0.0442. The lowest BCUT2D eigenvalue weighted by atomic mass is 9.98. The van der Waals surface area contributed by atoms with Gasteiger partial charge in [-0.1, -0.05) is 6.07 Å². The van der Waals surface area contributed by atoms with Crippen LogP contribution in [0.4, 0.5) is 0 Å². The molecule has 1 aliphatic carbocycles. The van der Waals surface area contributed by atoms with Crippen molar-refractivity contribution in [2.45, 2.75) is 25.0 Å². The first kappa shape index (κ1) is 14.1. The minimum atomic E-state index is -0.0442. The highest BCUT2D eigenvalue weighted by Crippen LogP contribution is 2.40. The molecule has 1 aliphatic rings. The first-order valence-electron chi connectivity index (χ1n) is 6.46. The first-order valence-corrected chi connectivity index (χ1v) is 6.46. The molecule has 0 aliphatic heterocycles. The Labute approximate surface area is 114 Å². The van der Waals surface area contributed by atoms with Gasteiger partial charge in [-0.05, 0) is 36.5 Å². The molecular formula is C14H22N2O3. The third-order valence-corrected chi connectivity index (χ3v) is 3.63. The van der Waals surface area contributed by atoms with Crippen molar-refractivity contribution in [3.63, 3.8) is 0 Å². The standard InChI is InChI=1S/C14H22N2O3/c1-17-11-7-6-10(8-12(11)18-2)13(16-15)14(19-3)9-4-5-9/h6-9,13-14,16H,4-5,15H2,1-3H3. The molecule has 1 saturated carbocycles. The predicted octanol–water partition coefficient (Wildman–Crippen LogP) is 1.63. The second-order valence-corrected chi connectivity index (χ2v) is 4.80. The highest BCUT2D eigenvalue weighted by molar-refractivity contribution is 5.44. The molecule has 2 atom stereocenters. The molecule has 0 saturated heterocycles. The highest BCUT2D eigenvalue weighted by Gasteiger charge is 2.37. The van der Waals surface area contributed by atoms with Crippen LogP contribution in [0.15, 0.2) is 18.2 Å². The quantitative estimate of drug-likeness (QED) is 0.580. The summed E-state index contributed by atoms with van der Waals surface area (Å²) in [5, 5.41) is 0. The molecule has 0 heterocycles. The Kier molecular flexibility index (Phi) is 4.63. The van der Waals surface area contributed by atoms with Gasteiger partial charge in [-0.15, -0.1) is 0 Å². The number of nitrogens with one attached hydrogen (secondary N) is 1. The molecule has 2 unspecified atom stereocenters. The van der Waals surface area contributed by atoms with Crippen molar-refractivity contribution < 1.29 is 14.2 Å². The largest absolute Gasteiger partial charge is 0.493 e. The Hall–Kier alpha value is -1.30. The normalized spacial score (nSPS) is 17.9. The molecule has 5 nitrogen and oxygen atoms in total. The third kappa shape index (κ3) is 3.00. The van der Waals surface area contributed by atoms with E-state index in [9.17, 15) is 0 Å². The minimum Gasteiger partial charge on any atom is -0.493 e. The van der Waals surface area contributed by atoms with E-state index in [2.05, 4.69) is 5.43 Å². The van der Waals surface area contributed by atoms with Gasteiger partial charge in [-0.3, -0.25) is 11.3 Å². The van der Waals surface area contributed by atoms with Crippen molar-refractivity contribution in [3.05, 3.63) is 23.8 Å². The number of nitrogens with two attached hydrogens (primary N) is 1. The number of rotatable bonds is 7. The molecule has 5 heteroatoms. The van der Waals surface area contributed by atoms with E-state index in [1.807, 2.05) is 18.2 Å². The van der Waals surface area contributed by atoms with E-state index in [1.54, 1.807) is 21.3 Å². The number of hydrogen-bond donors (Lipinski definition) is 2. The molecule has 3 N–H and O–H groups in total.